The van der Waals surface area contributed by atoms with Crippen LogP contribution in [0.4, 0.5) is 13.2 Å². The number of H-pyrrole nitrogens is 2. The van der Waals surface area contributed by atoms with Crippen molar-refractivity contribution in [2.45, 2.75) is 37.0 Å². The molecule has 0 amide bonds. The maximum absolute atomic E-state index is 13.1. The standard InChI is InChI=1S/C20H20F3N7O2S/c21-20(22,23)12-32-14-7-5-13(6-8-14)30-18(31)17-15(9-10-24-17)25-19(30)33-11-3-1-2-4-16-26-28-29-27-16/h5-10,24H,1-4,11-12H2,(H,26,27,28,29). The molecule has 4 rings (SSSR count). The van der Waals surface area contributed by atoms with Crippen molar-refractivity contribution in [2.24, 2.45) is 0 Å². The van der Waals surface area contributed by atoms with Crippen LogP contribution in [0.25, 0.3) is 16.7 Å². The molecule has 0 radical (unpaired) electrons. The highest BCUT2D eigenvalue weighted by Gasteiger charge is 2.28. The Morgan fingerprint density at radius 2 is 1.91 bits per heavy atom. The van der Waals surface area contributed by atoms with Crippen LogP contribution < -0.4 is 10.3 Å². The second-order valence-corrected chi connectivity index (χ2v) is 8.22. The van der Waals surface area contributed by atoms with Crippen molar-refractivity contribution in [3.8, 4) is 11.4 Å². The predicted molar refractivity (Wildman–Crippen MR) is 116 cm³/mol. The molecule has 33 heavy (non-hydrogen) atoms. The van der Waals surface area contributed by atoms with Crippen molar-refractivity contribution in [3.63, 3.8) is 0 Å². The van der Waals surface area contributed by atoms with Crippen LogP contribution >= 0.6 is 11.8 Å². The van der Waals surface area contributed by atoms with Gasteiger partial charge in [0.1, 0.15) is 11.3 Å². The van der Waals surface area contributed by atoms with Crippen molar-refractivity contribution < 1.29 is 17.9 Å². The highest BCUT2D eigenvalue weighted by atomic mass is 32.2. The molecule has 9 nitrogen and oxygen atoms in total. The molecule has 0 spiro atoms. The van der Waals surface area contributed by atoms with Crippen LogP contribution in [0.3, 0.4) is 0 Å². The summed E-state index contributed by atoms with van der Waals surface area (Å²) >= 11 is 1.45. The van der Waals surface area contributed by atoms with Gasteiger partial charge in [-0.1, -0.05) is 23.4 Å². The highest BCUT2D eigenvalue weighted by molar-refractivity contribution is 7.99. The Bertz CT molecular complexity index is 1240. The fourth-order valence-corrected chi connectivity index (χ4v) is 4.18. The van der Waals surface area contributed by atoms with Gasteiger partial charge in [-0.25, -0.2) is 4.98 Å². The van der Waals surface area contributed by atoms with Gasteiger partial charge in [-0.2, -0.15) is 18.4 Å². The van der Waals surface area contributed by atoms with Crippen LogP contribution in [0.5, 0.6) is 5.75 Å². The molecular weight excluding hydrogens is 459 g/mol. The Morgan fingerprint density at radius 3 is 2.64 bits per heavy atom. The zero-order chi connectivity index (χ0) is 23.3. The molecule has 3 aromatic heterocycles. The fourth-order valence-electron chi connectivity index (χ4n) is 3.17. The van der Waals surface area contributed by atoms with Gasteiger partial charge >= 0.3 is 6.18 Å². The predicted octanol–water partition coefficient (Wildman–Crippen LogP) is 3.67. The summed E-state index contributed by atoms with van der Waals surface area (Å²) in [7, 11) is 0. The number of nitrogens with zero attached hydrogens (tertiary/aromatic N) is 5. The summed E-state index contributed by atoms with van der Waals surface area (Å²) in [5, 5.41) is 14.3. The molecule has 174 valence electrons. The second kappa shape index (κ2) is 10.1. The molecule has 4 aromatic rings. The van der Waals surface area contributed by atoms with E-state index in [1.165, 1.54) is 28.5 Å². The number of hydrogen-bond donors (Lipinski definition) is 2. The molecule has 0 saturated carbocycles. The normalized spacial score (nSPS) is 11.8. The number of thioether (sulfide) groups is 1. The van der Waals surface area contributed by atoms with E-state index in [1.807, 2.05) is 0 Å². The van der Waals surface area contributed by atoms with Crippen molar-refractivity contribution in [1.82, 2.24) is 35.2 Å². The van der Waals surface area contributed by atoms with Crippen LogP contribution in [-0.4, -0.2) is 53.7 Å². The summed E-state index contributed by atoms with van der Waals surface area (Å²) in [4.78, 5) is 20.6. The van der Waals surface area contributed by atoms with Crippen LogP contribution in [0, 0.1) is 0 Å². The van der Waals surface area contributed by atoms with Crippen molar-refractivity contribution in [1.29, 1.82) is 0 Å². The van der Waals surface area contributed by atoms with E-state index < -0.39 is 12.8 Å². The van der Waals surface area contributed by atoms with E-state index in [0.29, 0.717) is 27.7 Å². The number of rotatable bonds is 10. The number of nitrogens with one attached hydrogen (secondary N) is 2. The lowest BCUT2D eigenvalue weighted by Gasteiger charge is -2.13. The Labute approximate surface area is 189 Å². The minimum atomic E-state index is -4.42. The van der Waals surface area contributed by atoms with Crippen LogP contribution in [0.1, 0.15) is 25.1 Å². The van der Waals surface area contributed by atoms with Gasteiger partial charge in [-0.3, -0.25) is 9.36 Å². The van der Waals surface area contributed by atoms with Crippen LogP contribution in [0.2, 0.25) is 0 Å². The third-order valence-electron chi connectivity index (χ3n) is 4.71. The van der Waals surface area contributed by atoms with E-state index in [9.17, 15) is 18.0 Å². The van der Waals surface area contributed by atoms with E-state index in [-0.39, 0.29) is 11.3 Å². The third kappa shape index (κ3) is 5.92. The summed E-state index contributed by atoms with van der Waals surface area (Å²) in [5.41, 5.74) is 1.12. The first-order valence-corrected chi connectivity index (χ1v) is 11.1. The summed E-state index contributed by atoms with van der Waals surface area (Å²) in [6.07, 6.45) is 0.716. The van der Waals surface area contributed by atoms with Crippen molar-refractivity contribution in [2.75, 3.05) is 12.4 Å². The Balaban J connectivity index is 1.46. The number of unbranched alkanes of at least 4 members (excludes halogenated alkanes) is 2. The zero-order valence-corrected chi connectivity index (χ0v) is 18.1. The van der Waals surface area contributed by atoms with Crippen LogP contribution in [0.15, 0.2) is 46.5 Å². The topological polar surface area (TPSA) is 114 Å². The molecule has 0 unspecified atom stereocenters. The maximum Gasteiger partial charge on any atom is 0.422 e. The number of aryl methyl sites for hydroxylation is 1. The monoisotopic (exact) mass is 479 g/mol. The first kappa shape index (κ1) is 22.8. The molecule has 3 heterocycles. The molecule has 0 aliphatic carbocycles. The first-order valence-electron chi connectivity index (χ1n) is 10.2. The van der Waals surface area contributed by atoms with Gasteiger partial charge in [0.15, 0.2) is 17.6 Å². The highest BCUT2D eigenvalue weighted by Crippen LogP contribution is 2.24. The lowest BCUT2D eigenvalue weighted by atomic mass is 10.2. The van der Waals surface area contributed by atoms with Gasteiger partial charge < -0.3 is 9.72 Å². The molecule has 2 N–H and O–H groups in total. The molecular formula is C20H20F3N7O2S. The van der Waals surface area contributed by atoms with Gasteiger partial charge in [0, 0.05) is 18.4 Å². The Morgan fingerprint density at radius 1 is 1.09 bits per heavy atom. The van der Waals surface area contributed by atoms with E-state index >= 15 is 0 Å². The summed E-state index contributed by atoms with van der Waals surface area (Å²) in [6, 6.07) is 7.61. The quantitative estimate of drug-likeness (QED) is 0.203. The Kier molecular flexibility index (Phi) is 6.96. The minimum Gasteiger partial charge on any atom is -0.484 e. The molecule has 0 bridgehead atoms. The molecule has 0 saturated heterocycles. The van der Waals surface area contributed by atoms with E-state index in [2.05, 4.69) is 30.6 Å². The van der Waals surface area contributed by atoms with Crippen LogP contribution in [-0.2, 0) is 6.42 Å². The molecule has 0 aliphatic rings. The molecule has 0 aliphatic heterocycles. The van der Waals surface area contributed by atoms with Gasteiger partial charge in [0.05, 0.1) is 11.2 Å². The number of fused-ring (bicyclic) bond motifs is 1. The van der Waals surface area contributed by atoms with Gasteiger partial charge in [-0.05, 0) is 43.2 Å². The largest absolute Gasteiger partial charge is 0.484 e. The zero-order valence-electron chi connectivity index (χ0n) is 17.3. The number of ether oxygens (including phenoxy) is 1. The van der Waals surface area contributed by atoms with Crippen molar-refractivity contribution in [3.05, 3.63) is 52.7 Å². The Hall–Kier alpha value is -3.35. The summed E-state index contributed by atoms with van der Waals surface area (Å²) < 4.78 is 43.4. The lowest BCUT2D eigenvalue weighted by Crippen LogP contribution is -2.22. The molecule has 1 aromatic carbocycles. The number of aromatic nitrogens is 7. The fraction of sp³-hybridized carbons (Fsp3) is 0.350. The average Bonchev–Trinajstić information content (AvgIpc) is 3.47. The van der Waals surface area contributed by atoms with Gasteiger partial charge in [0.2, 0.25) is 0 Å². The number of benzene rings is 1. The van der Waals surface area contributed by atoms with Gasteiger partial charge in [0.25, 0.3) is 5.56 Å². The third-order valence-corrected chi connectivity index (χ3v) is 5.74. The summed E-state index contributed by atoms with van der Waals surface area (Å²) in [5.74, 6) is 1.48. The second-order valence-electron chi connectivity index (χ2n) is 7.16. The number of aromatic amines is 2. The van der Waals surface area contributed by atoms with E-state index in [4.69, 9.17) is 4.74 Å². The number of alkyl halides is 3. The molecule has 0 fully saturated rings. The number of tetrazole rings is 1. The lowest BCUT2D eigenvalue weighted by molar-refractivity contribution is -0.153. The van der Waals surface area contributed by atoms with E-state index in [0.717, 1.165) is 31.4 Å². The first-order chi connectivity index (χ1) is 15.9. The van der Waals surface area contributed by atoms with Gasteiger partial charge in [-0.15, -0.1) is 10.2 Å². The molecule has 13 heteroatoms. The number of halogens is 3. The number of hydrogen-bond acceptors (Lipinski definition) is 7. The smallest absolute Gasteiger partial charge is 0.422 e. The molecule has 0 atom stereocenters. The van der Waals surface area contributed by atoms with E-state index in [1.54, 1.807) is 24.4 Å². The average molecular weight is 479 g/mol. The minimum absolute atomic E-state index is 0.0637. The summed E-state index contributed by atoms with van der Waals surface area (Å²) in [6.45, 7) is -1.38. The SMILES string of the molecule is O=c1c2[nH]ccc2nc(SCCCCCc2nn[nH]n2)n1-c1ccc(OCC(F)(F)F)cc1. The maximum atomic E-state index is 13.1. The van der Waals surface area contributed by atoms with Crippen molar-refractivity contribution >= 4 is 22.8 Å².